The first-order chi connectivity index (χ1) is 13.2. The summed E-state index contributed by atoms with van der Waals surface area (Å²) in [4.78, 5) is 26.7. The quantitative estimate of drug-likeness (QED) is 0.898. The number of likely N-dealkylation sites (tertiary alicyclic amines) is 1. The summed E-state index contributed by atoms with van der Waals surface area (Å²) in [6, 6.07) is 2.15. The Labute approximate surface area is 160 Å². The Morgan fingerprint density at radius 3 is 2.81 bits per heavy atom. The molecule has 1 amide bonds. The maximum absolute atomic E-state index is 13.0. The van der Waals surface area contributed by atoms with Gasteiger partial charge in [-0.25, -0.2) is 9.97 Å². The Hall–Kier alpha value is -2.44. The van der Waals surface area contributed by atoms with Crippen LogP contribution in [-0.4, -0.2) is 57.2 Å². The molecule has 7 heteroatoms. The second-order valence-corrected chi connectivity index (χ2v) is 7.60. The minimum Gasteiger partial charge on any atom is -0.357 e. The minimum absolute atomic E-state index is 0.0795. The predicted octanol–water partition coefficient (Wildman–Crippen LogP) is 2.69. The van der Waals surface area contributed by atoms with Crippen molar-refractivity contribution in [3.63, 3.8) is 0 Å². The van der Waals surface area contributed by atoms with Crippen molar-refractivity contribution in [2.75, 3.05) is 31.1 Å². The van der Waals surface area contributed by atoms with Gasteiger partial charge in [-0.1, -0.05) is 6.92 Å². The number of hydrogen-bond donors (Lipinski definition) is 1. The predicted molar refractivity (Wildman–Crippen MR) is 104 cm³/mol. The highest BCUT2D eigenvalue weighted by Crippen LogP contribution is 2.29. The SMILES string of the molecule is CCc1[nH]ncc1C(=O)N1CCCC(c2cc(N3CCCC3)nc(C)n2)C1. The number of carbonyl (C=O) groups is 1. The van der Waals surface area contributed by atoms with Gasteiger partial charge in [0.2, 0.25) is 0 Å². The first-order valence-electron chi connectivity index (χ1n) is 10.1. The molecule has 0 bridgehead atoms. The van der Waals surface area contributed by atoms with E-state index in [9.17, 15) is 4.79 Å². The molecule has 27 heavy (non-hydrogen) atoms. The Balaban J connectivity index is 1.53. The van der Waals surface area contributed by atoms with Crippen LogP contribution in [0.3, 0.4) is 0 Å². The largest absolute Gasteiger partial charge is 0.357 e. The topological polar surface area (TPSA) is 78.0 Å². The van der Waals surface area contributed by atoms with Crippen molar-refractivity contribution in [1.82, 2.24) is 25.1 Å². The molecule has 2 aromatic heterocycles. The van der Waals surface area contributed by atoms with Gasteiger partial charge in [-0.3, -0.25) is 9.89 Å². The second kappa shape index (κ2) is 7.66. The summed E-state index contributed by atoms with van der Waals surface area (Å²) in [6.07, 6.45) is 6.96. The van der Waals surface area contributed by atoms with E-state index in [-0.39, 0.29) is 11.8 Å². The van der Waals surface area contributed by atoms with E-state index in [2.05, 4.69) is 26.1 Å². The van der Waals surface area contributed by atoms with Gasteiger partial charge < -0.3 is 9.80 Å². The number of rotatable bonds is 4. The number of carbonyl (C=O) groups excluding carboxylic acids is 1. The fraction of sp³-hybridized carbons (Fsp3) is 0.600. The number of aromatic nitrogens is 4. The molecule has 144 valence electrons. The van der Waals surface area contributed by atoms with Crippen LogP contribution in [0, 0.1) is 6.92 Å². The van der Waals surface area contributed by atoms with Gasteiger partial charge in [0, 0.05) is 43.9 Å². The lowest BCUT2D eigenvalue weighted by Crippen LogP contribution is -2.39. The van der Waals surface area contributed by atoms with Crippen LogP contribution in [0.25, 0.3) is 0 Å². The van der Waals surface area contributed by atoms with Gasteiger partial charge in [-0.05, 0) is 39.0 Å². The molecule has 0 saturated carbocycles. The third kappa shape index (κ3) is 3.68. The number of anilines is 1. The molecule has 2 aliphatic heterocycles. The van der Waals surface area contributed by atoms with Crippen molar-refractivity contribution in [2.45, 2.75) is 51.9 Å². The highest BCUT2D eigenvalue weighted by molar-refractivity contribution is 5.95. The first kappa shape index (κ1) is 17.9. The van der Waals surface area contributed by atoms with E-state index in [1.807, 2.05) is 18.7 Å². The van der Waals surface area contributed by atoms with Crippen LogP contribution < -0.4 is 4.90 Å². The van der Waals surface area contributed by atoms with E-state index in [0.717, 1.165) is 61.9 Å². The number of aryl methyl sites for hydroxylation is 2. The van der Waals surface area contributed by atoms with Crippen LogP contribution in [0.4, 0.5) is 5.82 Å². The molecule has 0 radical (unpaired) electrons. The molecule has 2 fully saturated rings. The van der Waals surface area contributed by atoms with E-state index >= 15 is 0 Å². The van der Waals surface area contributed by atoms with Gasteiger partial charge in [-0.15, -0.1) is 0 Å². The number of nitrogens with zero attached hydrogens (tertiary/aromatic N) is 5. The van der Waals surface area contributed by atoms with E-state index in [0.29, 0.717) is 12.1 Å². The number of piperidine rings is 1. The van der Waals surface area contributed by atoms with Gasteiger partial charge in [-0.2, -0.15) is 5.10 Å². The number of amides is 1. The molecule has 0 aliphatic carbocycles. The second-order valence-electron chi connectivity index (χ2n) is 7.60. The standard InChI is InChI=1S/C20H28N6O/c1-3-17-16(12-21-24-17)20(27)26-10-6-7-15(13-26)18-11-19(23-14(2)22-18)25-8-4-5-9-25/h11-12,15H,3-10,13H2,1-2H3,(H,21,24). The summed E-state index contributed by atoms with van der Waals surface area (Å²) in [5.41, 5.74) is 2.69. The first-order valence-corrected chi connectivity index (χ1v) is 10.1. The Morgan fingerprint density at radius 2 is 2.04 bits per heavy atom. The highest BCUT2D eigenvalue weighted by atomic mass is 16.2. The summed E-state index contributed by atoms with van der Waals surface area (Å²) in [7, 11) is 0. The zero-order valence-electron chi connectivity index (χ0n) is 16.2. The Bertz CT molecular complexity index is 811. The number of hydrogen-bond acceptors (Lipinski definition) is 5. The Morgan fingerprint density at radius 1 is 1.22 bits per heavy atom. The van der Waals surface area contributed by atoms with Crippen molar-refractivity contribution in [3.8, 4) is 0 Å². The van der Waals surface area contributed by atoms with Crippen molar-refractivity contribution >= 4 is 11.7 Å². The van der Waals surface area contributed by atoms with Gasteiger partial charge in [0.25, 0.3) is 5.91 Å². The summed E-state index contributed by atoms with van der Waals surface area (Å²) in [6.45, 7) is 7.66. The summed E-state index contributed by atoms with van der Waals surface area (Å²) in [5, 5.41) is 7.00. The van der Waals surface area contributed by atoms with Crippen LogP contribution in [0.2, 0.25) is 0 Å². The average Bonchev–Trinajstić information content (AvgIpc) is 3.38. The molecule has 1 unspecified atom stereocenters. The Kier molecular flexibility index (Phi) is 5.09. The number of H-pyrrole nitrogens is 1. The maximum atomic E-state index is 13.0. The van der Waals surface area contributed by atoms with Crippen LogP contribution in [0.15, 0.2) is 12.3 Å². The molecular weight excluding hydrogens is 340 g/mol. The fourth-order valence-corrected chi connectivity index (χ4v) is 4.23. The molecule has 7 nitrogen and oxygen atoms in total. The smallest absolute Gasteiger partial charge is 0.257 e. The maximum Gasteiger partial charge on any atom is 0.257 e. The summed E-state index contributed by atoms with van der Waals surface area (Å²) in [5.74, 6) is 2.21. The van der Waals surface area contributed by atoms with E-state index in [4.69, 9.17) is 4.98 Å². The molecule has 0 aromatic carbocycles. The van der Waals surface area contributed by atoms with Gasteiger partial charge in [0.1, 0.15) is 11.6 Å². The van der Waals surface area contributed by atoms with Gasteiger partial charge in [0.05, 0.1) is 17.5 Å². The lowest BCUT2D eigenvalue weighted by Gasteiger charge is -2.33. The fourth-order valence-electron chi connectivity index (χ4n) is 4.23. The molecule has 2 aromatic rings. The highest BCUT2D eigenvalue weighted by Gasteiger charge is 2.29. The van der Waals surface area contributed by atoms with Crippen molar-refractivity contribution in [1.29, 1.82) is 0 Å². The molecule has 2 saturated heterocycles. The molecule has 0 spiro atoms. The molecule has 1 N–H and O–H groups in total. The van der Waals surface area contributed by atoms with E-state index in [1.165, 1.54) is 12.8 Å². The average molecular weight is 368 g/mol. The normalized spacial score (nSPS) is 20.3. The summed E-state index contributed by atoms with van der Waals surface area (Å²) < 4.78 is 0. The van der Waals surface area contributed by atoms with Crippen LogP contribution in [-0.2, 0) is 6.42 Å². The van der Waals surface area contributed by atoms with Gasteiger partial charge in [0.15, 0.2) is 0 Å². The van der Waals surface area contributed by atoms with Crippen molar-refractivity contribution < 1.29 is 4.79 Å². The zero-order chi connectivity index (χ0) is 18.8. The molecule has 1 atom stereocenters. The molecular formula is C20H28N6O. The molecule has 2 aliphatic rings. The lowest BCUT2D eigenvalue weighted by molar-refractivity contribution is 0.0705. The van der Waals surface area contributed by atoms with E-state index < -0.39 is 0 Å². The number of aromatic amines is 1. The third-order valence-corrected chi connectivity index (χ3v) is 5.70. The van der Waals surface area contributed by atoms with Gasteiger partial charge >= 0.3 is 0 Å². The van der Waals surface area contributed by atoms with Crippen LogP contribution >= 0.6 is 0 Å². The minimum atomic E-state index is 0.0795. The lowest BCUT2D eigenvalue weighted by atomic mass is 9.93. The monoisotopic (exact) mass is 368 g/mol. The van der Waals surface area contributed by atoms with E-state index in [1.54, 1.807) is 6.20 Å². The van der Waals surface area contributed by atoms with Crippen molar-refractivity contribution in [3.05, 3.63) is 35.0 Å². The molecule has 4 rings (SSSR count). The van der Waals surface area contributed by atoms with Crippen molar-refractivity contribution in [2.24, 2.45) is 0 Å². The van der Waals surface area contributed by atoms with Crippen LogP contribution in [0.1, 0.15) is 66.1 Å². The summed E-state index contributed by atoms with van der Waals surface area (Å²) >= 11 is 0. The third-order valence-electron chi connectivity index (χ3n) is 5.70. The molecule has 4 heterocycles. The van der Waals surface area contributed by atoms with Crippen LogP contribution in [0.5, 0.6) is 0 Å². The zero-order valence-corrected chi connectivity index (χ0v) is 16.2. The number of nitrogens with one attached hydrogen (secondary N) is 1.